The Hall–Kier alpha value is -1.49. The minimum atomic E-state index is -3.82. The SMILES string of the molecule is O=S(=O)(NCCc1csc(N2CCCC2)n1)c1ccc(OC(F)F)c(Cl)c1. The van der Waals surface area contributed by atoms with Crippen LogP contribution in [-0.2, 0) is 16.4 Å². The number of ether oxygens (including phenoxy) is 1. The van der Waals surface area contributed by atoms with Gasteiger partial charge in [-0.05, 0) is 31.0 Å². The second-order valence-corrected chi connectivity index (χ2v) is 8.94. The summed E-state index contributed by atoms with van der Waals surface area (Å²) in [5.41, 5.74) is 0.823. The largest absolute Gasteiger partial charge is 0.433 e. The average molecular weight is 438 g/mol. The number of sulfonamides is 1. The number of thiazole rings is 1. The highest BCUT2D eigenvalue weighted by Gasteiger charge is 2.18. The van der Waals surface area contributed by atoms with Crippen molar-refractivity contribution < 1.29 is 21.9 Å². The number of benzene rings is 1. The fourth-order valence-corrected chi connectivity index (χ4v) is 4.96. The Morgan fingerprint density at radius 3 is 2.74 bits per heavy atom. The van der Waals surface area contributed by atoms with Gasteiger partial charge in [-0.1, -0.05) is 11.6 Å². The highest BCUT2D eigenvalue weighted by molar-refractivity contribution is 7.89. The zero-order valence-corrected chi connectivity index (χ0v) is 16.6. The molecule has 0 bridgehead atoms. The topological polar surface area (TPSA) is 71.5 Å². The second kappa shape index (κ2) is 8.68. The summed E-state index contributed by atoms with van der Waals surface area (Å²) in [6, 6.07) is 3.35. The normalized spacial score (nSPS) is 14.9. The van der Waals surface area contributed by atoms with Crippen molar-refractivity contribution in [1.82, 2.24) is 9.71 Å². The summed E-state index contributed by atoms with van der Waals surface area (Å²) in [5.74, 6) is -0.275. The molecule has 0 saturated carbocycles. The first-order chi connectivity index (χ1) is 12.8. The maximum absolute atomic E-state index is 12.3. The van der Waals surface area contributed by atoms with E-state index >= 15 is 0 Å². The molecule has 0 spiro atoms. The summed E-state index contributed by atoms with van der Waals surface area (Å²) in [4.78, 5) is 6.64. The summed E-state index contributed by atoms with van der Waals surface area (Å²) in [6.07, 6.45) is 2.78. The molecular weight excluding hydrogens is 420 g/mol. The van der Waals surface area contributed by atoms with E-state index in [0.717, 1.165) is 36.0 Å². The third-order valence-corrected chi connectivity index (χ3v) is 6.72. The van der Waals surface area contributed by atoms with Crippen LogP contribution in [0.2, 0.25) is 5.02 Å². The van der Waals surface area contributed by atoms with Crippen LogP contribution in [0.5, 0.6) is 5.75 Å². The van der Waals surface area contributed by atoms with Gasteiger partial charge in [0, 0.05) is 31.4 Å². The molecule has 1 fully saturated rings. The number of rotatable bonds is 8. The zero-order chi connectivity index (χ0) is 19.4. The number of hydrogen-bond donors (Lipinski definition) is 1. The van der Waals surface area contributed by atoms with Gasteiger partial charge in [-0.3, -0.25) is 0 Å². The fraction of sp³-hybridized carbons (Fsp3) is 0.438. The number of anilines is 1. The van der Waals surface area contributed by atoms with E-state index in [9.17, 15) is 17.2 Å². The minimum absolute atomic E-state index is 0.120. The smallest absolute Gasteiger partial charge is 0.387 e. The van der Waals surface area contributed by atoms with Crippen molar-refractivity contribution in [1.29, 1.82) is 0 Å². The molecule has 0 radical (unpaired) electrons. The van der Waals surface area contributed by atoms with Crippen molar-refractivity contribution in [2.75, 3.05) is 24.5 Å². The van der Waals surface area contributed by atoms with Crippen LogP contribution in [0, 0.1) is 0 Å². The molecule has 1 aliphatic rings. The molecule has 3 rings (SSSR count). The van der Waals surface area contributed by atoms with Gasteiger partial charge in [-0.2, -0.15) is 8.78 Å². The number of nitrogens with one attached hydrogen (secondary N) is 1. The maximum Gasteiger partial charge on any atom is 0.387 e. The number of alkyl halides is 2. The van der Waals surface area contributed by atoms with Gasteiger partial charge >= 0.3 is 6.61 Å². The van der Waals surface area contributed by atoms with E-state index in [2.05, 4.69) is 19.3 Å². The summed E-state index contributed by atoms with van der Waals surface area (Å²) in [6.45, 7) is -0.859. The van der Waals surface area contributed by atoms with E-state index in [4.69, 9.17) is 11.6 Å². The molecule has 1 N–H and O–H groups in total. The molecule has 148 valence electrons. The van der Waals surface area contributed by atoms with E-state index in [1.54, 1.807) is 11.3 Å². The molecule has 1 aliphatic heterocycles. The first-order valence-electron chi connectivity index (χ1n) is 8.28. The molecular formula is C16H18ClF2N3O3S2. The van der Waals surface area contributed by atoms with Crippen molar-refractivity contribution in [3.05, 3.63) is 34.3 Å². The Kier molecular flexibility index (Phi) is 6.51. The van der Waals surface area contributed by atoms with E-state index in [1.165, 1.54) is 18.9 Å². The van der Waals surface area contributed by atoms with Crippen LogP contribution in [0.4, 0.5) is 13.9 Å². The highest BCUT2D eigenvalue weighted by Crippen LogP contribution is 2.28. The molecule has 0 amide bonds. The molecule has 1 aromatic carbocycles. The molecule has 1 aromatic heterocycles. The lowest BCUT2D eigenvalue weighted by Gasteiger charge is -2.12. The highest BCUT2D eigenvalue weighted by atomic mass is 35.5. The van der Waals surface area contributed by atoms with Gasteiger partial charge < -0.3 is 9.64 Å². The molecule has 2 heterocycles. The first-order valence-corrected chi connectivity index (χ1v) is 11.0. The van der Waals surface area contributed by atoms with Crippen LogP contribution in [0.3, 0.4) is 0 Å². The van der Waals surface area contributed by atoms with Gasteiger partial charge in [-0.15, -0.1) is 11.3 Å². The Balaban J connectivity index is 1.57. The Morgan fingerprint density at radius 2 is 2.07 bits per heavy atom. The summed E-state index contributed by atoms with van der Waals surface area (Å²) in [7, 11) is -3.82. The molecule has 0 atom stereocenters. The van der Waals surface area contributed by atoms with Crippen LogP contribution < -0.4 is 14.4 Å². The van der Waals surface area contributed by atoms with E-state index < -0.39 is 16.6 Å². The van der Waals surface area contributed by atoms with Crippen LogP contribution in [0.25, 0.3) is 0 Å². The number of aromatic nitrogens is 1. The average Bonchev–Trinajstić information content (AvgIpc) is 3.27. The molecule has 6 nitrogen and oxygen atoms in total. The van der Waals surface area contributed by atoms with Gasteiger partial charge in [0.05, 0.1) is 15.6 Å². The Morgan fingerprint density at radius 1 is 1.33 bits per heavy atom. The van der Waals surface area contributed by atoms with Crippen molar-refractivity contribution in [2.24, 2.45) is 0 Å². The Bertz CT molecular complexity index is 887. The first kappa shape index (κ1) is 20.2. The summed E-state index contributed by atoms with van der Waals surface area (Å²) >= 11 is 7.37. The van der Waals surface area contributed by atoms with Gasteiger partial charge in [0.15, 0.2) is 5.13 Å². The third kappa shape index (κ3) is 5.28. The summed E-state index contributed by atoms with van der Waals surface area (Å²) in [5, 5.41) is 2.69. The van der Waals surface area contributed by atoms with Crippen molar-refractivity contribution in [3.8, 4) is 5.75 Å². The quantitative estimate of drug-likeness (QED) is 0.684. The van der Waals surface area contributed by atoms with Crippen molar-refractivity contribution in [3.63, 3.8) is 0 Å². The summed E-state index contributed by atoms with van der Waals surface area (Å²) < 4.78 is 55.8. The lowest BCUT2D eigenvalue weighted by atomic mass is 10.3. The van der Waals surface area contributed by atoms with Gasteiger partial charge in [0.1, 0.15) is 5.75 Å². The minimum Gasteiger partial charge on any atom is -0.433 e. The lowest BCUT2D eigenvalue weighted by molar-refractivity contribution is -0.0498. The van der Waals surface area contributed by atoms with Crippen LogP contribution in [0.1, 0.15) is 18.5 Å². The zero-order valence-electron chi connectivity index (χ0n) is 14.2. The monoisotopic (exact) mass is 437 g/mol. The number of halogens is 3. The van der Waals surface area contributed by atoms with Crippen molar-refractivity contribution in [2.45, 2.75) is 30.8 Å². The lowest BCUT2D eigenvalue weighted by Crippen LogP contribution is -2.26. The molecule has 11 heteroatoms. The molecule has 1 saturated heterocycles. The van der Waals surface area contributed by atoms with E-state index in [0.29, 0.717) is 6.42 Å². The van der Waals surface area contributed by atoms with E-state index in [-0.39, 0.29) is 22.2 Å². The van der Waals surface area contributed by atoms with Gasteiger partial charge in [-0.25, -0.2) is 18.1 Å². The molecule has 2 aromatic rings. The predicted molar refractivity (Wildman–Crippen MR) is 101 cm³/mol. The van der Waals surface area contributed by atoms with Crippen LogP contribution >= 0.6 is 22.9 Å². The maximum atomic E-state index is 12.3. The number of hydrogen-bond acceptors (Lipinski definition) is 6. The number of nitrogens with zero attached hydrogens (tertiary/aromatic N) is 2. The van der Waals surface area contributed by atoms with E-state index in [1.807, 2.05) is 5.38 Å². The van der Waals surface area contributed by atoms with Crippen LogP contribution in [-0.4, -0.2) is 39.6 Å². The molecule has 0 aliphatic carbocycles. The second-order valence-electron chi connectivity index (χ2n) is 5.93. The predicted octanol–water partition coefficient (Wildman–Crippen LogP) is 3.52. The Labute approximate surface area is 165 Å². The third-order valence-electron chi connectivity index (χ3n) is 4.02. The van der Waals surface area contributed by atoms with Crippen LogP contribution in [0.15, 0.2) is 28.5 Å². The van der Waals surface area contributed by atoms with Gasteiger partial charge in [0.25, 0.3) is 0 Å². The molecule has 27 heavy (non-hydrogen) atoms. The fourth-order valence-electron chi connectivity index (χ4n) is 2.70. The standard InChI is InChI=1S/C16H18ClF2N3O3S2/c17-13-9-12(3-4-14(13)25-15(18)19)27(23,24)20-6-5-11-10-26-16(21-11)22-7-1-2-8-22/h3-4,9-10,15,20H,1-2,5-8H2. The molecule has 0 unspecified atom stereocenters. The van der Waals surface area contributed by atoms with Crippen molar-refractivity contribution >= 4 is 38.1 Å². The van der Waals surface area contributed by atoms with Gasteiger partial charge in [0.2, 0.25) is 10.0 Å².